The van der Waals surface area contributed by atoms with E-state index in [-0.39, 0.29) is 11.8 Å². The minimum atomic E-state index is -3.22. The Labute approximate surface area is 159 Å². The zero-order chi connectivity index (χ0) is 19.0. The molecule has 1 aromatic carbocycles. The van der Waals surface area contributed by atoms with Gasteiger partial charge in [-0.05, 0) is 37.8 Å². The molecule has 1 aliphatic heterocycles. The van der Waals surface area contributed by atoms with Crippen LogP contribution in [0.2, 0.25) is 0 Å². The summed E-state index contributed by atoms with van der Waals surface area (Å²) < 4.78 is 27.7. The molecule has 1 aromatic rings. The Balaban J connectivity index is 1.81. The highest BCUT2D eigenvalue weighted by molar-refractivity contribution is 7.89. The average molecular weight is 382 g/mol. The predicted octanol–water partition coefficient (Wildman–Crippen LogP) is 2.20. The molecular formula is C20H35N3O2S. The molecule has 1 unspecified atom stereocenters. The molecule has 6 heteroatoms. The fourth-order valence-corrected chi connectivity index (χ4v) is 4.61. The Morgan fingerprint density at radius 3 is 2.35 bits per heavy atom. The van der Waals surface area contributed by atoms with Crippen LogP contribution in [-0.2, 0) is 16.4 Å². The molecule has 2 rings (SSSR count). The number of nitrogens with zero attached hydrogens (tertiary/aromatic N) is 2. The summed E-state index contributed by atoms with van der Waals surface area (Å²) in [6.07, 6.45) is 2.48. The molecule has 0 bridgehead atoms. The van der Waals surface area contributed by atoms with Gasteiger partial charge in [0.2, 0.25) is 10.0 Å². The van der Waals surface area contributed by atoms with Crippen LogP contribution in [-0.4, -0.2) is 69.8 Å². The van der Waals surface area contributed by atoms with Gasteiger partial charge in [-0.2, -0.15) is 0 Å². The van der Waals surface area contributed by atoms with Gasteiger partial charge in [-0.1, -0.05) is 44.2 Å². The maximum absolute atomic E-state index is 12.4. The van der Waals surface area contributed by atoms with Crippen molar-refractivity contribution in [2.24, 2.45) is 5.92 Å². The van der Waals surface area contributed by atoms with Crippen LogP contribution < -0.4 is 4.72 Å². The van der Waals surface area contributed by atoms with Crippen LogP contribution in [0.4, 0.5) is 0 Å². The van der Waals surface area contributed by atoms with Gasteiger partial charge in [0, 0.05) is 38.8 Å². The molecule has 1 N–H and O–H groups in total. The Bertz CT molecular complexity index is 611. The summed E-state index contributed by atoms with van der Waals surface area (Å²) in [4.78, 5) is 4.78. The predicted molar refractivity (Wildman–Crippen MR) is 109 cm³/mol. The highest BCUT2D eigenvalue weighted by Crippen LogP contribution is 2.14. The first-order chi connectivity index (χ1) is 12.4. The molecule has 0 spiro atoms. The van der Waals surface area contributed by atoms with Crippen molar-refractivity contribution in [1.82, 2.24) is 14.5 Å². The monoisotopic (exact) mass is 381 g/mol. The van der Waals surface area contributed by atoms with Gasteiger partial charge in [0.15, 0.2) is 0 Å². The number of hydrogen-bond donors (Lipinski definition) is 1. The van der Waals surface area contributed by atoms with Crippen molar-refractivity contribution in [3.05, 3.63) is 35.9 Å². The van der Waals surface area contributed by atoms with Gasteiger partial charge in [-0.25, -0.2) is 13.1 Å². The summed E-state index contributed by atoms with van der Waals surface area (Å²) in [5.41, 5.74) is 1.19. The second-order valence-corrected chi connectivity index (χ2v) is 9.81. The second-order valence-electron chi connectivity index (χ2n) is 7.88. The summed E-state index contributed by atoms with van der Waals surface area (Å²) >= 11 is 0. The van der Waals surface area contributed by atoms with Gasteiger partial charge in [0.1, 0.15) is 0 Å². The van der Waals surface area contributed by atoms with Gasteiger partial charge in [0.25, 0.3) is 0 Å². The normalized spacial score (nSPS) is 18.3. The topological polar surface area (TPSA) is 52.7 Å². The van der Waals surface area contributed by atoms with Gasteiger partial charge in [-0.3, -0.25) is 4.90 Å². The number of hydrogen-bond acceptors (Lipinski definition) is 4. The zero-order valence-electron chi connectivity index (χ0n) is 16.5. The number of likely N-dealkylation sites (N-methyl/N-ethyl adjacent to an activating group) is 1. The van der Waals surface area contributed by atoms with Crippen molar-refractivity contribution in [2.75, 3.05) is 45.5 Å². The van der Waals surface area contributed by atoms with Crippen molar-refractivity contribution < 1.29 is 8.42 Å². The minimum Gasteiger partial charge on any atom is -0.304 e. The highest BCUT2D eigenvalue weighted by atomic mass is 32.2. The molecule has 0 saturated carbocycles. The molecule has 1 heterocycles. The number of piperazine rings is 1. The Morgan fingerprint density at radius 1 is 1.08 bits per heavy atom. The number of benzene rings is 1. The van der Waals surface area contributed by atoms with Crippen molar-refractivity contribution >= 4 is 10.0 Å². The third kappa shape index (κ3) is 7.74. The SMILES string of the molecule is CC(C)CC(CNS(=O)(=O)CCCc1ccccc1)N1CCN(C)CC1. The third-order valence-electron chi connectivity index (χ3n) is 5.06. The second kappa shape index (κ2) is 10.4. The van der Waals surface area contributed by atoms with E-state index in [1.807, 2.05) is 30.3 Å². The fourth-order valence-electron chi connectivity index (χ4n) is 3.50. The van der Waals surface area contributed by atoms with Crippen LogP contribution in [0.25, 0.3) is 0 Å². The Morgan fingerprint density at radius 2 is 1.73 bits per heavy atom. The molecule has 1 atom stereocenters. The Hall–Kier alpha value is -0.950. The number of rotatable bonds is 10. The van der Waals surface area contributed by atoms with E-state index in [2.05, 4.69) is 35.4 Å². The molecule has 5 nitrogen and oxygen atoms in total. The van der Waals surface area contributed by atoms with E-state index in [9.17, 15) is 8.42 Å². The molecular weight excluding hydrogens is 346 g/mol. The lowest BCUT2D eigenvalue weighted by molar-refractivity contribution is 0.102. The summed E-state index contributed by atoms with van der Waals surface area (Å²) in [5, 5.41) is 0. The van der Waals surface area contributed by atoms with E-state index in [0.717, 1.165) is 39.0 Å². The third-order valence-corrected chi connectivity index (χ3v) is 6.49. The first-order valence-corrected chi connectivity index (χ1v) is 11.4. The van der Waals surface area contributed by atoms with E-state index < -0.39 is 10.0 Å². The lowest BCUT2D eigenvalue weighted by Gasteiger charge is -2.38. The molecule has 1 fully saturated rings. The summed E-state index contributed by atoms with van der Waals surface area (Å²) in [7, 11) is -1.08. The lowest BCUT2D eigenvalue weighted by atomic mass is 10.0. The summed E-state index contributed by atoms with van der Waals surface area (Å²) in [6.45, 7) is 9.08. The largest absolute Gasteiger partial charge is 0.304 e. The first kappa shape index (κ1) is 21.4. The molecule has 148 valence electrons. The smallest absolute Gasteiger partial charge is 0.211 e. The van der Waals surface area contributed by atoms with E-state index in [4.69, 9.17) is 0 Å². The summed E-state index contributed by atoms with van der Waals surface area (Å²) in [5.74, 6) is 0.751. The molecule has 0 aromatic heterocycles. The van der Waals surface area contributed by atoms with Crippen LogP contribution in [0.3, 0.4) is 0 Å². The number of sulfonamides is 1. The van der Waals surface area contributed by atoms with Gasteiger partial charge < -0.3 is 4.90 Å². The van der Waals surface area contributed by atoms with Crippen LogP contribution in [0.15, 0.2) is 30.3 Å². The maximum Gasteiger partial charge on any atom is 0.211 e. The Kier molecular flexibility index (Phi) is 8.54. The lowest BCUT2D eigenvalue weighted by Crippen LogP contribution is -2.52. The first-order valence-electron chi connectivity index (χ1n) is 9.79. The van der Waals surface area contributed by atoms with Crippen molar-refractivity contribution in [2.45, 2.75) is 39.2 Å². The van der Waals surface area contributed by atoms with E-state index in [1.54, 1.807) is 0 Å². The quantitative estimate of drug-likeness (QED) is 0.675. The molecule has 0 aliphatic carbocycles. The van der Waals surface area contributed by atoms with Gasteiger partial charge in [0.05, 0.1) is 5.75 Å². The zero-order valence-corrected chi connectivity index (χ0v) is 17.3. The van der Waals surface area contributed by atoms with Crippen LogP contribution in [0.5, 0.6) is 0 Å². The molecule has 26 heavy (non-hydrogen) atoms. The molecule has 1 saturated heterocycles. The molecule has 1 aliphatic rings. The van der Waals surface area contributed by atoms with E-state index in [1.165, 1.54) is 5.56 Å². The maximum atomic E-state index is 12.4. The van der Waals surface area contributed by atoms with E-state index >= 15 is 0 Å². The van der Waals surface area contributed by atoms with Crippen molar-refractivity contribution in [1.29, 1.82) is 0 Å². The van der Waals surface area contributed by atoms with Crippen molar-refractivity contribution in [3.8, 4) is 0 Å². The highest BCUT2D eigenvalue weighted by Gasteiger charge is 2.24. The number of aryl methyl sites for hydroxylation is 1. The van der Waals surface area contributed by atoms with Crippen molar-refractivity contribution in [3.63, 3.8) is 0 Å². The van der Waals surface area contributed by atoms with E-state index in [0.29, 0.717) is 18.9 Å². The van der Waals surface area contributed by atoms with Gasteiger partial charge in [-0.15, -0.1) is 0 Å². The minimum absolute atomic E-state index is 0.193. The summed E-state index contributed by atoms with van der Waals surface area (Å²) in [6, 6.07) is 10.4. The molecule has 0 radical (unpaired) electrons. The number of nitrogens with one attached hydrogen (secondary N) is 1. The fraction of sp³-hybridized carbons (Fsp3) is 0.700. The average Bonchev–Trinajstić information content (AvgIpc) is 2.60. The van der Waals surface area contributed by atoms with Crippen LogP contribution in [0, 0.1) is 5.92 Å². The van der Waals surface area contributed by atoms with Gasteiger partial charge >= 0.3 is 0 Å². The molecule has 0 amide bonds. The van der Waals surface area contributed by atoms with Crippen LogP contribution >= 0.6 is 0 Å². The standard InChI is InChI=1S/C20H35N3O2S/c1-18(2)16-20(23-13-11-22(3)12-14-23)17-21-26(24,25)15-7-10-19-8-5-4-6-9-19/h4-6,8-9,18,20-21H,7,10-17H2,1-3H3. The van der Waals surface area contributed by atoms with Crippen LogP contribution in [0.1, 0.15) is 32.3 Å².